The summed E-state index contributed by atoms with van der Waals surface area (Å²) in [5, 5.41) is 0. The van der Waals surface area contributed by atoms with Crippen molar-refractivity contribution in [3.05, 3.63) is 21.0 Å². The second-order valence-corrected chi connectivity index (χ2v) is 4.51. The van der Waals surface area contributed by atoms with Crippen LogP contribution in [0.5, 0.6) is 0 Å². The number of rotatable bonds is 2. The summed E-state index contributed by atoms with van der Waals surface area (Å²) in [5.74, 6) is 0.660. The Morgan fingerprint density at radius 2 is 2.00 bits per heavy atom. The molecule has 0 aliphatic rings. The summed E-state index contributed by atoms with van der Waals surface area (Å²) in [7, 11) is 0. The fourth-order valence-corrected chi connectivity index (χ4v) is 1.28. The molecule has 0 unspecified atom stereocenters. The van der Waals surface area contributed by atoms with E-state index in [4.69, 9.17) is 0 Å². The zero-order valence-electron chi connectivity index (χ0n) is 7.93. The van der Waals surface area contributed by atoms with Gasteiger partial charge in [-0.3, -0.25) is 0 Å². The van der Waals surface area contributed by atoms with E-state index in [0.717, 1.165) is 12.1 Å². The van der Waals surface area contributed by atoms with Gasteiger partial charge in [-0.1, -0.05) is 13.8 Å². The Morgan fingerprint density at radius 3 is 2.46 bits per heavy atom. The Balaban J connectivity index is 2.99. The van der Waals surface area contributed by atoms with Gasteiger partial charge < -0.3 is 0 Å². The summed E-state index contributed by atoms with van der Waals surface area (Å²) in [6.07, 6.45) is 0.731. The van der Waals surface area contributed by atoms with Gasteiger partial charge in [-0.25, -0.2) is 9.97 Å². The fraction of sp³-hybridized carbons (Fsp3) is 0.556. The molecule has 72 valence electrons. The highest BCUT2D eigenvalue weighted by atomic mass is 127. The van der Waals surface area contributed by atoms with E-state index in [9.17, 15) is 4.39 Å². The second kappa shape index (κ2) is 4.30. The summed E-state index contributed by atoms with van der Waals surface area (Å²) >= 11 is 1.92. The number of hydrogen-bond acceptors (Lipinski definition) is 2. The molecule has 0 amide bonds. The van der Waals surface area contributed by atoms with Crippen molar-refractivity contribution < 1.29 is 4.39 Å². The molecule has 1 rings (SSSR count). The normalized spacial score (nSPS) is 10.9. The molecule has 0 N–H and O–H groups in total. The smallest absolute Gasteiger partial charge is 0.229 e. The van der Waals surface area contributed by atoms with Crippen LogP contribution in [0.2, 0.25) is 0 Å². The van der Waals surface area contributed by atoms with Gasteiger partial charge >= 0.3 is 0 Å². The first-order valence-corrected chi connectivity index (χ1v) is 5.27. The molecule has 0 atom stereocenters. The maximum Gasteiger partial charge on any atom is 0.229 e. The highest BCUT2D eigenvalue weighted by Gasteiger charge is 2.09. The van der Waals surface area contributed by atoms with Gasteiger partial charge in [0.15, 0.2) is 0 Å². The van der Waals surface area contributed by atoms with Gasteiger partial charge in [-0.05, 0) is 35.4 Å². The third-order valence-electron chi connectivity index (χ3n) is 1.61. The summed E-state index contributed by atoms with van der Waals surface area (Å²) in [6.45, 7) is 5.93. The standard InChI is InChI=1S/C9H12FIN2/c1-5(2)4-7-12-6(3)8(11)9(10)13-7/h5H,4H2,1-3H3. The van der Waals surface area contributed by atoms with Gasteiger partial charge in [-0.15, -0.1) is 0 Å². The summed E-state index contributed by atoms with van der Waals surface area (Å²) in [4.78, 5) is 8.00. The minimum Gasteiger partial charge on any atom is -0.237 e. The van der Waals surface area contributed by atoms with Crippen molar-refractivity contribution in [3.8, 4) is 0 Å². The Hall–Kier alpha value is -0.260. The van der Waals surface area contributed by atoms with Crippen LogP contribution in [0.4, 0.5) is 4.39 Å². The lowest BCUT2D eigenvalue weighted by molar-refractivity contribution is 0.540. The molecule has 13 heavy (non-hydrogen) atoms. The van der Waals surface area contributed by atoms with Gasteiger partial charge in [-0.2, -0.15) is 4.39 Å². The molecule has 1 heterocycles. The minimum atomic E-state index is -0.399. The SMILES string of the molecule is Cc1nc(CC(C)C)nc(F)c1I. The van der Waals surface area contributed by atoms with E-state index in [1.54, 1.807) is 6.92 Å². The molecular weight excluding hydrogens is 282 g/mol. The monoisotopic (exact) mass is 294 g/mol. The molecule has 0 radical (unpaired) electrons. The van der Waals surface area contributed by atoms with Crippen LogP contribution >= 0.6 is 22.6 Å². The van der Waals surface area contributed by atoms with Crippen LogP contribution in [-0.4, -0.2) is 9.97 Å². The number of halogens is 2. The highest BCUT2D eigenvalue weighted by molar-refractivity contribution is 14.1. The number of nitrogens with zero attached hydrogens (tertiary/aromatic N) is 2. The zero-order valence-corrected chi connectivity index (χ0v) is 10.1. The molecule has 0 bridgehead atoms. The van der Waals surface area contributed by atoms with E-state index >= 15 is 0 Å². The Morgan fingerprint density at radius 1 is 1.38 bits per heavy atom. The van der Waals surface area contributed by atoms with Gasteiger partial charge in [0, 0.05) is 6.42 Å². The van der Waals surface area contributed by atoms with E-state index in [0.29, 0.717) is 15.3 Å². The van der Waals surface area contributed by atoms with Crippen molar-refractivity contribution in [1.29, 1.82) is 0 Å². The maximum atomic E-state index is 13.1. The van der Waals surface area contributed by atoms with E-state index in [1.807, 2.05) is 22.6 Å². The van der Waals surface area contributed by atoms with Crippen molar-refractivity contribution in [2.45, 2.75) is 27.2 Å². The van der Waals surface area contributed by atoms with E-state index < -0.39 is 5.95 Å². The fourth-order valence-electron chi connectivity index (χ4n) is 1.04. The van der Waals surface area contributed by atoms with Crippen molar-refractivity contribution in [2.24, 2.45) is 5.92 Å². The quantitative estimate of drug-likeness (QED) is 0.619. The lowest BCUT2D eigenvalue weighted by Crippen LogP contribution is -2.06. The second-order valence-electron chi connectivity index (χ2n) is 3.43. The number of hydrogen-bond donors (Lipinski definition) is 0. The maximum absolute atomic E-state index is 13.1. The van der Waals surface area contributed by atoms with Gasteiger partial charge in [0.25, 0.3) is 0 Å². The first-order chi connectivity index (χ1) is 6.00. The summed E-state index contributed by atoms with van der Waals surface area (Å²) < 4.78 is 13.7. The third kappa shape index (κ3) is 2.86. The molecule has 0 aromatic carbocycles. The van der Waals surface area contributed by atoms with Crippen LogP contribution in [0, 0.1) is 22.4 Å². The first kappa shape index (κ1) is 10.8. The van der Waals surface area contributed by atoms with Crippen molar-refractivity contribution >= 4 is 22.6 Å². The third-order valence-corrected chi connectivity index (χ3v) is 2.84. The number of aromatic nitrogens is 2. The molecule has 1 aromatic heterocycles. The van der Waals surface area contributed by atoms with Gasteiger partial charge in [0.2, 0.25) is 5.95 Å². The van der Waals surface area contributed by atoms with Crippen LogP contribution in [0.3, 0.4) is 0 Å². The minimum absolute atomic E-state index is 0.399. The molecule has 0 fully saturated rings. The van der Waals surface area contributed by atoms with Crippen LogP contribution in [-0.2, 0) is 6.42 Å². The lowest BCUT2D eigenvalue weighted by atomic mass is 10.1. The summed E-state index contributed by atoms with van der Waals surface area (Å²) in [6, 6.07) is 0. The molecule has 0 aliphatic carbocycles. The van der Waals surface area contributed by atoms with Crippen LogP contribution in [0.15, 0.2) is 0 Å². The largest absolute Gasteiger partial charge is 0.237 e. The predicted octanol–water partition coefficient (Wildman–Crippen LogP) is 2.73. The van der Waals surface area contributed by atoms with Crippen LogP contribution in [0.25, 0.3) is 0 Å². The molecule has 2 nitrogen and oxygen atoms in total. The average Bonchev–Trinajstić information content (AvgIpc) is 1.98. The predicted molar refractivity (Wildman–Crippen MR) is 58.0 cm³/mol. The van der Waals surface area contributed by atoms with E-state index in [1.165, 1.54) is 0 Å². The molecule has 1 aromatic rings. The summed E-state index contributed by atoms with van der Waals surface area (Å²) in [5.41, 5.74) is 0.726. The molecular formula is C9H12FIN2. The molecule has 4 heteroatoms. The Bertz CT molecular complexity index is 289. The van der Waals surface area contributed by atoms with E-state index in [2.05, 4.69) is 23.8 Å². The first-order valence-electron chi connectivity index (χ1n) is 4.19. The van der Waals surface area contributed by atoms with Gasteiger partial charge in [0.1, 0.15) is 5.82 Å². The Labute approximate surface area is 91.1 Å². The van der Waals surface area contributed by atoms with Crippen LogP contribution in [0.1, 0.15) is 25.4 Å². The molecule has 0 saturated heterocycles. The molecule has 0 spiro atoms. The Kier molecular flexibility index (Phi) is 3.58. The van der Waals surface area contributed by atoms with Gasteiger partial charge in [0.05, 0.1) is 9.26 Å². The topological polar surface area (TPSA) is 25.8 Å². The van der Waals surface area contributed by atoms with Crippen LogP contribution < -0.4 is 0 Å². The lowest BCUT2D eigenvalue weighted by Gasteiger charge is -2.05. The highest BCUT2D eigenvalue weighted by Crippen LogP contribution is 2.13. The molecule has 0 saturated carbocycles. The van der Waals surface area contributed by atoms with Crippen molar-refractivity contribution in [3.63, 3.8) is 0 Å². The average molecular weight is 294 g/mol. The zero-order chi connectivity index (χ0) is 10.0. The number of aryl methyl sites for hydroxylation is 1. The van der Waals surface area contributed by atoms with E-state index in [-0.39, 0.29) is 0 Å². The van der Waals surface area contributed by atoms with Crippen molar-refractivity contribution in [2.75, 3.05) is 0 Å². The van der Waals surface area contributed by atoms with Crippen molar-refractivity contribution in [1.82, 2.24) is 9.97 Å². The molecule has 0 aliphatic heterocycles.